The van der Waals surface area contributed by atoms with Crippen LogP contribution in [-0.4, -0.2) is 30.0 Å². The Kier molecular flexibility index (Phi) is 5.12. The minimum atomic E-state index is -0.257. The van der Waals surface area contributed by atoms with Gasteiger partial charge in [0.05, 0.1) is 12.7 Å². The summed E-state index contributed by atoms with van der Waals surface area (Å²) < 4.78 is 5.01. The van der Waals surface area contributed by atoms with Crippen molar-refractivity contribution in [1.82, 2.24) is 5.32 Å². The molecule has 110 valence electrons. The molecule has 1 aromatic rings. The summed E-state index contributed by atoms with van der Waals surface area (Å²) in [6.45, 7) is 0. The summed E-state index contributed by atoms with van der Waals surface area (Å²) in [5, 5.41) is 12.9. The second-order valence-electron chi connectivity index (χ2n) is 5.16. The molecule has 0 heterocycles. The average Bonchev–Trinajstić information content (AvgIpc) is 2.47. The Morgan fingerprint density at radius 1 is 1.45 bits per heavy atom. The van der Waals surface area contributed by atoms with Crippen LogP contribution in [0.4, 0.5) is 0 Å². The molecule has 1 amide bonds. The number of halogens is 1. The molecule has 2 N–H and O–H groups in total. The van der Waals surface area contributed by atoms with Crippen LogP contribution in [0.1, 0.15) is 36.0 Å². The molecular formula is C15H20ClNO3. The number of nitrogens with one attached hydrogen (secondary N) is 1. The molecule has 1 aromatic carbocycles. The molecule has 5 heteroatoms. The van der Waals surface area contributed by atoms with Gasteiger partial charge in [-0.2, -0.15) is 0 Å². The lowest BCUT2D eigenvalue weighted by Crippen LogP contribution is -2.42. The van der Waals surface area contributed by atoms with E-state index in [1.165, 1.54) is 13.2 Å². The van der Waals surface area contributed by atoms with Gasteiger partial charge in [0.15, 0.2) is 0 Å². The topological polar surface area (TPSA) is 58.6 Å². The predicted molar refractivity (Wildman–Crippen MR) is 78.6 cm³/mol. The zero-order valence-corrected chi connectivity index (χ0v) is 12.3. The van der Waals surface area contributed by atoms with Gasteiger partial charge in [-0.1, -0.05) is 12.8 Å². The molecule has 0 aromatic heterocycles. The first-order chi connectivity index (χ1) is 9.65. The van der Waals surface area contributed by atoms with Gasteiger partial charge in [-0.15, -0.1) is 11.6 Å². The van der Waals surface area contributed by atoms with Gasteiger partial charge in [-0.05, 0) is 30.9 Å². The van der Waals surface area contributed by atoms with Crippen LogP contribution in [0.2, 0.25) is 0 Å². The number of aromatic hydroxyl groups is 1. The van der Waals surface area contributed by atoms with Crippen LogP contribution in [0.25, 0.3) is 0 Å². The monoisotopic (exact) mass is 297 g/mol. The molecule has 1 saturated carbocycles. The van der Waals surface area contributed by atoms with Crippen LogP contribution in [0.3, 0.4) is 0 Å². The van der Waals surface area contributed by atoms with Crippen LogP contribution < -0.4 is 10.1 Å². The molecule has 2 rings (SSSR count). The summed E-state index contributed by atoms with van der Waals surface area (Å²) in [5.41, 5.74) is 0.268. The zero-order chi connectivity index (χ0) is 14.5. The van der Waals surface area contributed by atoms with E-state index in [0.29, 0.717) is 17.5 Å². The summed E-state index contributed by atoms with van der Waals surface area (Å²) >= 11 is 5.96. The van der Waals surface area contributed by atoms with Crippen molar-refractivity contribution in [2.24, 2.45) is 5.92 Å². The lowest BCUT2D eigenvalue weighted by atomic mass is 9.85. The van der Waals surface area contributed by atoms with Gasteiger partial charge in [0.2, 0.25) is 0 Å². The third kappa shape index (κ3) is 3.37. The highest BCUT2D eigenvalue weighted by Crippen LogP contribution is 2.27. The van der Waals surface area contributed by atoms with Crippen molar-refractivity contribution < 1.29 is 14.6 Å². The Bertz CT molecular complexity index is 478. The molecule has 2 atom stereocenters. The van der Waals surface area contributed by atoms with Gasteiger partial charge in [0, 0.05) is 18.0 Å². The fraction of sp³-hybridized carbons (Fsp3) is 0.533. The van der Waals surface area contributed by atoms with Gasteiger partial charge in [0.1, 0.15) is 11.5 Å². The molecule has 0 bridgehead atoms. The van der Waals surface area contributed by atoms with Crippen molar-refractivity contribution in [2.75, 3.05) is 13.0 Å². The van der Waals surface area contributed by atoms with E-state index in [1.807, 2.05) is 0 Å². The number of carbonyl (C=O) groups excluding carboxylic acids is 1. The first kappa shape index (κ1) is 15.0. The van der Waals surface area contributed by atoms with Gasteiger partial charge < -0.3 is 15.2 Å². The number of ether oxygens (including phenoxy) is 1. The third-order valence-corrected chi connectivity index (χ3v) is 4.27. The van der Waals surface area contributed by atoms with E-state index in [9.17, 15) is 9.90 Å². The second kappa shape index (κ2) is 6.84. The molecule has 1 aliphatic carbocycles. The smallest absolute Gasteiger partial charge is 0.255 e. The van der Waals surface area contributed by atoms with Crippen molar-refractivity contribution >= 4 is 17.5 Å². The van der Waals surface area contributed by atoms with E-state index in [2.05, 4.69) is 5.32 Å². The van der Waals surface area contributed by atoms with E-state index in [-0.39, 0.29) is 23.3 Å². The average molecular weight is 298 g/mol. The van der Waals surface area contributed by atoms with E-state index >= 15 is 0 Å². The lowest BCUT2D eigenvalue weighted by Gasteiger charge is -2.30. The van der Waals surface area contributed by atoms with Crippen molar-refractivity contribution in [3.05, 3.63) is 23.8 Å². The highest BCUT2D eigenvalue weighted by Gasteiger charge is 2.26. The van der Waals surface area contributed by atoms with Crippen LogP contribution in [0, 0.1) is 5.92 Å². The van der Waals surface area contributed by atoms with Crippen molar-refractivity contribution in [3.8, 4) is 11.5 Å². The number of rotatable bonds is 4. The standard InChI is InChI=1S/C15H20ClNO3/c1-20-11-6-7-12(14(18)8-11)15(19)17-13-5-3-2-4-10(13)9-16/h6-8,10,13,18H,2-5,9H2,1H3,(H,17,19). The van der Waals surface area contributed by atoms with E-state index in [4.69, 9.17) is 16.3 Å². The number of phenolic OH excluding ortho intramolecular Hbond substituents is 1. The Morgan fingerprint density at radius 2 is 2.20 bits per heavy atom. The Balaban J connectivity index is 2.07. The maximum Gasteiger partial charge on any atom is 0.255 e. The van der Waals surface area contributed by atoms with Crippen molar-refractivity contribution in [1.29, 1.82) is 0 Å². The van der Waals surface area contributed by atoms with Crippen LogP contribution >= 0.6 is 11.6 Å². The highest BCUT2D eigenvalue weighted by atomic mass is 35.5. The number of hydrogen-bond acceptors (Lipinski definition) is 3. The third-order valence-electron chi connectivity index (χ3n) is 3.87. The first-order valence-electron chi connectivity index (χ1n) is 6.89. The molecule has 4 nitrogen and oxygen atoms in total. The molecule has 0 aliphatic heterocycles. The molecule has 1 fully saturated rings. The van der Waals surface area contributed by atoms with E-state index in [0.717, 1.165) is 25.7 Å². The van der Waals surface area contributed by atoms with Crippen LogP contribution in [0.5, 0.6) is 11.5 Å². The number of hydrogen-bond donors (Lipinski definition) is 2. The minimum Gasteiger partial charge on any atom is -0.507 e. The Hall–Kier alpha value is -1.42. The fourth-order valence-electron chi connectivity index (χ4n) is 2.66. The quantitative estimate of drug-likeness (QED) is 0.840. The molecular weight excluding hydrogens is 278 g/mol. The number of methoxy groups -OCH3 is 1. The van der Waals surface area contributed by atoms with Gasteiger partial charge in [0.25, 0.3) is 5.91 Å². The normalized spacial score (nSPS) is 22.3. The maximum absolute atomic E-state index is 12.2. The van der Waals surface area contributed by atoms with Crippen molar-refractivity contribution in [2.45, 2.75) is 31.7 Å². The summed E-state index contributed by atoms with van der Waals surface area (Å²) in [4.78, 5) is 12.2. The molecule has 1 aliphatic rings. The number of phenols is 1. The summed E-state index contributed by atoms with van der Waals surface area (Å²) in [6, 6.07) is 4.76. The Morgan fingerprint density at radius 3 is 2.85 bits per heavy atom. The van der Waals surface area contributed by atoms with E-state index in [1.54, 1.807) is 12.1 Å². The van der Waals surface area contributed by atoms with E-state index < -0.39 is 0 Å². The summed E-state index contributed by atoms with van der Waals surface area (Å²) in [6.07, 6.45) is 4.26. The number of alkyl halides is 1. The minimum absolute atomic E-state index is 0.0694. The van der Waals surface area contributed by atoms with Crippen molar-refractivity contribution in [3.63, 3.8) is 0 Å². The predicted octanol–water partition coefficient (Wildman–Crippen LogP) is 2.93. The van der Waals surface area contributed by atoms with Crippen LogP contribution in [0.15, 0.2) is 18.2 Å². The molecule has 0 saturated heterocycles. The molecule has 2 unspecified atom stereocenters. The lowest BCUT2D eigenvalue weighted by molar-refractivity contribution is 0.0908. The Labute approximate surface area is 124 Å². The molecule has 0 spiro atoms. The molecule has 20 heavy (non-hydrogen) atoms. The highest BCUT2D eigenvalue weighted by molar-refractivity contribution is 6.18. The van der Waals surface area contributed by atoms with Crippen LogP contribution in [-0.2, 0) is 0 Å². The van der Waals surface area contributed by atoms with Gasteiger partial charge in [-0.3, -0.25) is 4.79 Å². The maximum atomic E-state index is 12.2. The number of carbonyl (C=O) groups is 1. The first-order valence-corrected chi connectivity index (χ1v) is 7.43. The van der Waals surface area contributed by atoms with Gasteiger partial charge in [-0.25, -0.2) is 0 Å². The number of amides is 1. The molecule has 0 radical (unpaired) electrons. The summed E-state index contributed by atoms with van der Waals surface area (Å²) in [7, 11) is 1.52. The number of benzene rings is 1. The largest absolute Gasteiger partial charge is 0.507 e. The SMILES string of the molecule is COc1ccc(C(=O)NC2CCCCC2CCl)c(O)c1. The second-order valence-corrected chi connectivity index (χ2v) is 5.47. The van der Waals surface area contributed by atoms with Gasteiger partial charge >= 0.3 is 0 Å². The zero-order valence-electron chi connectivity index (χ0n) is 11.6. The fourth-order valence-corrected chi connectivity index (χ4v) is 3.03. The summed E-state index contributed by atoms with van der Waals surface area (Å²) in [5.74, 6) is 1.07.